The SMILES string of the molecule is O=C(O)O.O=[Si](O)O.[AlH3].[CaH2].[NaH]. The molecule has 0 amide bonds. The van der Waals surface area contributed by atoms with Gasteiger partial charge in [-0.05, 0) is 0 Å². The Kier molecular flexibility index (Phi) is 60.2. The first-order chi connectivity index (χ1) is 3.46. The van der Waals surface area contributed by atoms with Gasteiger partial charge in [0.2, 0.25) is 0 Å². The summed E-state index contributed by atoms with van der Waals surface area (Å²) in [6.07, 6.45) is -1.83. The zero-order chi connectivity index (χ0) is 7.15. The van der Waals surface area contributed by atoms with E-state index >= 15 is 0 Å². The molecule has 0 unspecified atom stereocenters. The van der Waals surface area contributed by atoms with E-state index in [0.29, 0.717) is 0 Å². The van der Waals surface area contributed by atoms with Gasteiger partial charge in [-0.3, -0.25) is 4.46 Å². The van der Waals surface area contributed by atoms with Gasteiger partial charge in [0, 0.05) is 0 Å². The average molecular weight is 236 g/mol. The summed E-state index contributed by atoms with van der Waals surface area (Å²) >= 11 is 0. The molecule has 0 spiro atoms. The Balaban J connectivity index is -0.0000000171. The fourth-order valence-electron chi connectivity index (χ4n) is 0. The van der Waals surface area contributed by atoms with Gasteiger partial charge in [0.15, 0.2) is 17.4 Å². The van der Waals surface area contributed by atoms with Gasteiger partial charge in [0.05, 0.1) is 0 Å². The molecule has 0 saturated heterocycles. The number of hydrogen-bond acceptors (Lipinski definition) is 2. The summed E-state index contributed by atoms with van der Waals surface area (Å²) in [5.74, 6) is 0. The second-order valence-corrected chi connectivity index (χ2v) is 1.13. The van der Waals surface area contributed by atoms with Crippen LogP contribution < -0.4 is 0 Å². The summed E-state index contributed by atoms with van der Waals surface area (Å²) in [6.45, 7) is 0. The van der Waals surface area contributed by atoms with Crippen LogP contribution in [-0.2, 0) is 4.46 Å². The minimum absolute atomic E-state index is 0. The molecule has 0 radical (unpaired) electrons. The van der Waals surface area contributed by atoms with E-state index in [0.717, 1.165) is 0 Å². The van der Waals surface area contributed by atoms with Gasteiger partial charge in [-0.2, -0.15) is 0 Å². The molecule has 0 fully saturated rings. The fourth-order valence-corrected chi connectivity index (χ4v) is 0. The van der Waals surface area contributed by atoms with Crippen LogP contribution >= 0.6 is 0 Å². The zero-order valence-electron chi connectivity index (χ0n) is 3.61. The van der Waals surface area contributed by atoms with Crippen molar-refractivity contribution in [3.63, 3.8) is 0 Å². The average Bonchev–Trinajstić information content (AvgIpc) is 1.25. The standard InChI is InChI=1S/CH2O3.Al.Ca.Na.H2O3Si.6H/c2-1(3)4;;;;1-4(2)3;;;;;;/h(H2,2,3,4);;;;1-2H;;;;;;. The van der Waals surface area contributed by atoms with E-state index in [2.05, 4.69) is 0 Å². The van der Waals surface area contributed by atoms with E-state index in [1.807, 2.05) is 0 Å². The molecule has 6 nitrogen and oxygen atoms in total. The van der Waals surface area contributed by atoms with Crippen LogP contribution in [-0.4, -0.2) is 120 Å². The Labute approximate surface area is 127 Å². The fraction of sp³-hybridized carbons (Fsp3) is 0. The molecule has 0 aliphatic heterocycles. The summed E-state index contributed by atoms with van der Waals surface area (Å²) < 4.78 is 8.74. The molecule has 4 N–H and O–H groups in total. The first-order valence-electron chi connectivity index (χ1n) is 1.30. The second-order valence-electron chi connectivity index (χ2n) is 0.565. The summed E-state index contributed by atoms with van der Waals surface area (Å²) in [5.41, 5.74) is 0. The van der Waals surface area contributed by atoms with Crippen LogP contribution in [0.3, 0.4) is 0 Å². The Morgan fingerprint density at radius 1 is 1.18 bits per heavy atom. The number of rotatable bonds is 0. The van der Waals surface area contributed by atoms with E-state index < -0.39 is 15.3 Å². The molecule has 0 aromatic rings. The van der Waals surface area contributed by atoms with Crippen molar-refractivity contribution in [2.24, 2.45) is 0 Å². The van der Waals surface area contributed by atoms with Gasteiger partial charge in [0.25, 0.3) is 0 Å². The van der Waals surface area contributed by atoms with Gasteiger partial charge in [-0.1, -0.05) is 0 Å². The topological polar surface area (TPSA) is 115 Å². The van der Waals surface area contributed by atoms with Crippen LogP contribution in [0, 0.1) is 0 Å². The van der Waals surface area contributed by atoms with E-state index in [1.165, 1.54) is 0 Å². The summed E-state index contributed by atoms with van der Waals surface area (Å²) in [4.78, 5) is 22.9. The Bertz CT molecular complexity index is 80.6. The van der Waals surface area contributed by atoms with Crippen LogP contribution in [0.1, 0.15) is 0 Å². The Hall–Kier alpha value is 1.68. The van der Waals surface area contributed by atoms with Crippen molar-refractivity contribution >= 4 is 100.0 Å². The third kappa shape index (κ3) is 388. The first-order valence-corrected chi connectivity index (χ1v) is 2.61. The predicted molar refractivity (Wildman–Crippen MR) is 47.2 cm³/mol. The van der Waals surface area contributed by atoms with Crippen molar-refractivity contribution in [1.82, 2.24) is 0 Å². The molecule has 10 heteroatoms. The molecule has 11 heavy (non-hydrogen) atoms. The summed E-state index contributed by atoms with van der Waals surface area (Å²) in [7, 11) is -3.13. The van der Waals surface area contributed by atoms with Crippen molar-refractivity contribution in [2.45, 2.75) is 0 Å². The maximum atomic E-state index is 8.74. The molecule has 0 heterocycles. The zero-order valence-corrected chi connectivity index (χ0v) is 4.61. The summed E-state index contributed by atoms with van der Waals surface area (Å²) in [6, 6.07) is 0. The molecular weight excluding hydrogens is 226 g/mol. The van der Waals surface area contributed by atoms with Gasteiger partial charge in [0.1, 0.15) is 0 Å². The van der Waals surface area contributed by atoms with Gasteiger partial charge in [-0.25, -0.2) is 4.79 Å². The van der Waals surface area contributed by atoms with Crippen LogP contribution in [0.15, 0.2) is 0 Å². The number of hydrogen-bond donors (Lipinski definition) is 4. The normalized spacial score (nSPS) is 4.36. The quantitative estimate of drug-likeness (QED) is 0.317. The van der Waals surface area contributed by atoms with Gasteiger partial charge >= 0.3 is 82.6 Å². The Morgan fingerprint density at radius 3 is 1.18 bits per heavy atom. The molecule has 60 valence electrons. The molecule has 0 aromatic carbocycles. The Morgan fingerprint density at radius 2 is 1.18 bits per heavy atom. The van der Waals surface area contributed by atoms with E-state index in [1.54, 1.807) is 0 Å². The van der Waals surface area contributed by atoms with Crippen molar-refractivity contribution in [3.8, 4) is 0 Å². The van der Waals surface area contributed by atoms with Crippen LogP contribution in [0.5, 0.6) is 0 Å². The molecular formula is CH10AlCaNaO6Si. The maximum absolute atomic E-state index is 8.74. The van der Waals surface area contributed by atoms with Crippen molar-refractivity contribution < 1.29 is 29.1 Å². The minimum atomic E-state index is -3.13. The summed E-state index contributed by atoms with van der Waals surface area (Å²) in [5, 5.41) is 13.9. The third-order valence-corrected chi connectivity index (χ3v) is 0. The van der Waals surface area contributed by atoms with Crippen LogP contribution in [0.25, 0.3) is 0 Å². The van der Waals surface area contributed by atoms with Crippen molar-refractivity contribution in [3.05, 3.63) is 0 Å². The molecule has 0 aliphatic carbocycles. The number of carboxylic acid groups (broad SMARTS) is 2. The number of carbonyl (C=O) groups is 1. The molecule has 0 aliphatic rings. The molecule has 0 bridgehead atoms. The molecule has 0 rings (SSSR count). The van der Waals surface area contributed by atoms with Gasteiger partial charge < -0.3 is 19.8 Å². The van der Waals surface area contributed by atoms with Crippen LogP contribution in [0.4, 0.5) is 4.79 Å². The molecule has 0 atom stereocenters. The molecule has 0 aromatic heterocycles. The van der Waals surface area contributed by atoms with Crippen molar-refractivity contribution in [2.75, 3.05) is 0 Å². The molecule has 0 saturated carbocycles. The second kappa shape index (κ2) is 22.6. The van der Waals surface area contributed by atoms with Gasteiger partial charge in [-0.15, -0.1) is 0 Å². The monoisotopic (exact) mass is 236 g/mol. The predicted octanol–water partition coefficient (Wildman–Crippen LogP) is -4.14. The van der Waals surface area contributed by atoms with Crippen molar-refractivity contribution in [1.29, 1.82) is 0 Å². The van der Waals surface area contributed by atoms with E-state index in [4.69, 9.17) is 29.1 Å². The van der Waals surface area contributed by atoms with Crippen LogP contribution in [0.2, 0.25) is 0 Å². The van der Waals surface area contributed by atoms with E-state index in [9.17, 15) is 0 Å². The van der Waals surface area contributed by atoms with E-state index in [-0.39, 0.29) is 84.7 Å². The third-order valence-electron chi connectivity index (χ3n) is 0. The first kappa shape index (κ1) is 29.3.